The molecule has 0 unspecified atom stereocenters. The van der Waals surface area contributed by atoms with Gasteiger partial charge in [-0.15, -0.1) is 0 Å². The minimum Gasteiger partial charge on any atom is -0.444 e. The number of ketones is 1. The normalized spacial score (nSPS) is 16.6. The van der Waals surface area contributed by atoms with Crippen LogP contribution < -0.4 is 0 Å². The number of hydrogen-bond acceptors (Lipinski definition) is 4. The van der Waals surface area contributed by atoms with E-state index in [1.165, 1.54) is 0 Å². The molecule has 3 rings (SSSR count). The molecular formula is C28H34ClN3O3. The Hall–Kier alpha value is -2.88. The second-order valence-corrected chi connectivity index (χ2v) is 10.8. The molecule has 1 saturated heterocycles. The van der Waals surface area contributed by atoms with E-state index in [-0.39, 0.29) is 24.3 Å². The van der Waals surface area contributed by atoms with Crippen LogP contribution in [0.1, 0.15) is 60.3 Å². The summed E-state index contributed by atoms with van der Waals surface area (Å²) >= 11 is 6.45. The lowest BCUT2D eigenvalue weighted by Crippen LogP contribution is -2.54. The number of amides is 1. The van der Waals surface area contributed by atoms with Crippen LogP contribution >= 0.6 is 11.6 Å². The number of hydrogen-bond donors (Lipinski definition) is 0. The highest BCUT2D eigenvalue weighted by Gasteiger charge is 2.31. The molecule has 1 fully saturated rings. The molecule has 0 bridgehead atoms. The molecule has 35 heavy (non-hydrogen) atoms. The molecule has 0 saturated carbocycles. The number of carbonyl (C=O) groups is 2. The standard InChI is InChI=1S/C28H34ClN3O3/c1-18-8-9-21(14-25(18)30-7)26(33)15-22-12-24(29)13-23(20(22)3)17-31-10-11-32(19(2)16-31)27(34)35-28(4,5)6/h8-9,12-14,19H,10-11,15-17H2,1-6H3/t19-/m0/s1. The molecule has 0 N–H and O–H groups in total. The second-order valence-electron chi connectivity index (χ2n) is 10.3. The first-order chi connectivity index (χ1) is 16.4. The molecular weight excluding hydrogens is 462 g/mol. The minimum atomic E-state index is -0.518. The van der Waals surface area contributed by atoms with Gasteiger partial charge in [-0.05, 0) is 82.0 Å². The van der Waals surface area contributed by atoms with Gasteiger partial charge in [0.1, 0.15) is 5.60 Å². The zero-order chi connectivity index (χ0) is 25.9. The van der Waals surface area contributed by atoms with Crippen molar-refractivity contribution in [1.82, 2.24) is 9.80 Å². The summed E-state index contributed by atoms with van der Waals surface area (Å²) in [5.41, 5.74) is 4.39. The van der Waals surface area contributed by atoms with E-state index >= 15 is 0 Å². The fraction of sp³-hybridized carbons (Fsp3) is 0.464. The van der Waals surface area contributed by atoms with E-state index in [9.17, 15) is 9.59 Å². The Bertz CT molecular complexity index is 1160. The summed E-state index contributed by atoms with van der Waals surface area (Å²) in [4.78, 5) is 33.1. The molecule has 6 nitrogen and oxygen atoms in total. The number of Topliss-reactive ketones (excluding diaryl/α,β-unsaturated/α-hetero) is 1. The van der Waals surface area contributed by atoms with E-state index < -0.39 is 5.60 Å². The summed E-state index contributed by atoms with van der Waals surface area (Å²) in [6, 6.07) is 9.09. The smallest absolute Gasteiger partial charge is 0.410 e. The topological polar surface area (TPSA) is 54.2 Å². The van der Waals surface area contributed by atoms with E-state index in [0.29, 0.717) is 29.4 Å². The summed E-state index contributed by atoms with van der Waals surface area (Å²) in [5, 5.41) is 0.597. The minimum absolute atomic E-state index is 0.0253. The monoisotopic (exact) mass is 495 g/mol. The molecule has 1 aliphatic heterocycles. The van der Waals surface area contributed by atoms with Crippen molar-refractivity contribution in [2.24, 2.45) is 0 Å². The summed E-state index contributed by atoms with van der Waals surface area (Å²) in [6.07, 6.45) is -0.0511. The van der Waals surface area contributed by atoms with Crippen molar-refractivity contribution in [3.8, 4) is 0 Å². The highest BCUT2D eigenvalue weighted by molar-refractivity contribution is 6.30. The molecule has 1 heterocycles. The summed E-state index contributed by atoms with van der Waals surface area (Å²) in [7, 11) is 0. The second kappa shape index (κ2) is 10.8. The average molecular weight is 496 g/mol. The van der Waals surface area contributed by atoms with Crippen molar-refractivity contribution in [3.05, 3.63) is 74.6 Å². The fourth-order valence-corrected chi connectivity index (χ4v) is 4.60. The van der Waals surface area contributed by atoms with Gasteiger partial charge in [0.05, 0.1) is 6.57 Å². The molecule has 1 atom stereocenters. The maximum Gasteiger partial charge on any atom is 0.410 e. The molecule has 0 aliphatic carbocycles. The van der Waals surface area contributed by atoms with Crippen LogP contribution in [0.25, 0.3) is 4.85 Å². The Labute approximate surface area is 213 Å². The molecule has 7 heteroatoms. The molecule has 0 radical (unpaired) electrons. The predicted octanol–water partition coefficient (Wildman–Crippen LogP) is 6.37. The third-order valence-electron chi connectivity index (χ3n) is 6.32. The van der Waals surface area contributed by atoms with E-state index in [1.807, 2.05) is 59.7 Å². The average Bonchev–Trinajstić information content (AvgIpc) is 2.76. The van der Waals surface area contributed by atoms with Crippen LogP contribution in [0.2, 0.25) is 5.02 Å². The van der Waals surface area contributed by atoms with Crippen molar-refractivity contribution in [2.45, 2.75) is 66.2 Å². The zero-order valence-electron chi connectivity index (χ0n) is 21.4. The molecule has 0 spiro atoms. The first-order valence-electron chi connectivity index (χ1n) is 11.9. The molecule has 0 aromatic heterocycles. The number of ether oxygens (including phenoxy) is 1. The van der Waals surface area contributed by atoms with Gasteiger partial charge in [0.15, 0.2) is 11.5 Å². The SMILES string of the molecule is [C-]#[N+]c1cc(C(=O)Cc2cc(Cl)cc(CN3CCN(C(=O)OC(C)(C)C)[C@@H](C)C3)c2C)ccc1C. The number of halogens is 1. The number of rotatable bonds is 5. The van der Waals surface area contributed by atoms with Crippen molar-refractivity contribution in [1.29, 1.82) is 0 Å². The van der Waals surface area contributed by atoms with E-state index in [0.717, 1.165) is 35.3 Å². The van der Waals surface area contributed by atoms with Gasteiger partial charge in [-0.2, -0.15) is 0 Å². The quantitative estimate of drug-likeness (QED) is 0.357. The van der Waals surface area contributed by atoms with Crippen molar-refractivity contribution >= 4 is 29.2 Å². The van der Waals surface area contributed by atoms with Gasteiger partial charge in [-0.25, -0.2) is 9.64 Å². The van der Waals surface area contributed by atoms with Gasteiger partial charge < -0.3 is 9.64 Å². The van der Waals surface area contributed by atoms with Crippen molar-refractivity contribution < 1.29 is 14.3 Å². The van der Waals surface area contributed by atoms with Crippen LogP contribution in [0, 0.1) is 20.4 Å². The number of benzene rings is 2. The number of carbonyl (C=O) groups excluding carboxylic acids is 2. The van der Waals surface area contributed by atoms with Gasteiger partial charge in [-0.3, -0.25) is 9.69 Å². The van der Waals surface area contributed by atoms with Crippen LogP contribution in [-0.4, -0.2) is 53.0 Å². The lowest BCUT2D eigenvalue weighted by Gasteiger charge is -2.40. The van der Waals surface area contributed by atoms with Gasteiger partial charge >= 0.3 is 6.09 Å². The Morgan fingerprint density at radius 3 is 2.46 bits per heavy atom. The molecule has 1 amide bonds. The van der Waals surface area contributed by atoms with E-state index in [4.69, 9.17) is 22.9 Å². The van der Waals surface area contributed by atoms with Crippen LogP contribution in [0.15, 0.2) is 30.3 Å². The van der Waals surface area contributed by atoms with Crippen LogP contribution in [0.4, 0.5) is 10.5 Å². The highest BCUT2D eigenvalue weighted by Crippen LogP contribution is 2.26. The Balaban J connectivity index is 1.71. The highest BCUT2D eigenvalue weighted by atomic mass is 35.5. The lowest BCUT2D eigenvalue weighted by molar-refractivity contribution is 0.000532. The maximum atomic E-state index is 13.0. The third kappa shape index (κ3) is 6.84. The number of nitrogens with zero attached hydrogens (tertiary/aromatic N) is 3. The Morgan fingerprint density at radius 1 is 1.14 bits per heavy atom. The van der Waals surface area contributed by atoms with Gasteiger partial charge in [0.25, 0.3) is 0 Å². The van der Waals surface area contributed by atoms with Gasteiger partial charge in [0.2, 0.25) is 0 Å². The van der Waals surface area contributed by atoms with Crippen molar-refractivity contribution in [3.63, 3.8) is 0 Å². The molecule has 2 aromatic rings. The Morgan fingerprint density at radius 2 is 1.83 bits per heavy atom. The summed E-state index contributed by atoms with van der Waals surface area (Å²) in [6.45, 7) is 21.6. The third-order valence-corrected chi connectivity index (χ3v) is 6.54. The van der Waals surface area contributed by atoms with Crippen LogP contribution in [0.3, 0.4) is 0 Å². The molecule has 2 aromatic carbocycles. The van der Waals surface area contributed by atoms with E-state index in [1.54, 1.807) is 17.0 Å². The number of piperazine rings is 1. The predicted molar refractivity (Wildman–Crippen MR) is 139 cm³/mol. The van der Waals surface area contributed by atoms with Crippen molar-refractivity contribution in [2.75, 3.05) is 19.6 Å². The molecule has 1 aliphatic rings. The van der Waals surface area contributed by atoms with Crippen LogP contribution in [0.5, 0.6) is 0 Å². The van der Waals surface area contributed by atoms with Gasteiger partial charge in [0, 0.05) is 49.2 Å². The zero-order valence-corrected chi connectivity index (χ0v) is 22.2. The summed E-state index contributed by atoms with van der Waals surface area (Å²) < 4.78 is 5.55. The summed E-state index contributed by atoms with van der Waals surface area (Å²) in [5.74, 6) is -0.0363. The maximum absolute atomic E-state index is 13.0. The first kappa shape index (κ1) is 26.7. The largest absolute Gasteiger partial charge is 0.444 e. The fourth-order valence-electron chi connectivity index (χ4n) is 4.33. The lowest BCUT2D eigenvalue weighted by atomic mass is 9.95. The van der Waals surface area contributed by atoms with Crippen LogP contribution in [-0.2, 0) is 17.7 Å². The van der Waals surface area contributed by atoms with E-state index in [2.05, 4.69) is 9.74 Å². The number of aryl methyl sites for hydroxylation is 1. The molecule has 186 valence electrons. The first-order valence-corrected chi connectivity index (χ1v) is 12.3. The van der Waals surface area contributed by atoms with Gasteiger partial charge in [-0.1, -0.05) is 23.7 Å². The Kier molecular flexibility index (Phi) is 8.25.